The zero-order chi connectivity index (χ0) is 23.4. The van der Waals surface area contributed by atoms with Gasteiger partial charge in [-0.3, -0.25) is 0 Å². The van der Waals surface area contributed by atoms with E-state index in [9.17, 15) is 13.2 Å². The van der Waals surface area contributed by atoms with E-state index < -0.39 is 17.5 Å². The van der Waals surface area contributed by atoms with Gasteiger partial charge in [-0.1, -0.05) is 60.7 Å². The third-order valence-corrected chi connectivity index (χ3v) is 6.96. The van der Waals surface area contributed by atoms with Crippen LogP contribution in [0.5, 0.6) is 0 Å². The summed E-state index contributed by atoms with van der Waals surface area (Å²) < 4.78 is 44.5. The molecule has 1 aliphatic carbocycles. The van der Waals surface area contributed by atoms with Crippen LogP contribution in [0.15, 0.2) is 60.7 Å². The first-order valence-corrected chi connectivity index (χ1v) is 12.0. The van der Waals surface area contributed by atoms with Gasteiger partial charge in [0.25, 0.3) is 0 Å². The predicted molar refractivity (Wildman–Crippen MR) is 133 cm³/mol. The zero-order valence-corrected chi connectivity index (χ0v) is 19.4. The van der Waals surface area contributed by atoms with Crippen LogP contribution in [-0.4, -0.2) is 0 Å². The van der Waals surface area contributed by atoms with Crippen molar-refractivity contribution in [3.05, 3.63) is 89.3 Å². The van der Waals surface area contributed by atoms with Crippen LogP contribution in [-0.2, 0) is 6.42 Å². The van der Waals surface area contributed by atoms with Gasteiger partial charge in [0.05, 0.1) is 5.39 Å². The van der Waals surface area contributed by atoms with Crippen molar-refractivity contribution in [3.63, 3.8) is 0 Å². The highest BCUT2D eigenvalue weighted by molar-refractivity contribution is 5.90. The molecule has 1 saturated carbocycles. The average Bonchev–Trinajstić information content (AvgIpc) is 2.83. The lowest BCUT2D eigenvalue weighted by Gasteiger charge is -2.26. The molecule has 0 spiro atoms. The molecule has 1 fully saturated rings. The molecule has 33 heavy (non-hydrogen) atoms. The fourth-order valence-electron chi connectivity index (χ4n) is 5.08. The smallest absolute Gasteiger partial charge is 0.170 e. The van der Waals surface area contributed by atoms with Gasteiger partial charge in [0.2, 0.25) is 0 Å². The summed E-state index contributed by atoms with van der Waals surface area (Å²) in [4.78, 5) is 0. The zero-order valence-electron chi connectivity index (χ0n) is 19.4. The Hall–Kier alpha value is -2.81. The second kappa shape index (κ2) is 10.4. The van der Waals surface area contributed by atoms with Gasteiger partial charge in [0, 0.05) is 11.1 Å². The summed E-state index contributed by atoms with van der Waals surface area (Å²) in [5, 5.41) is 0.0554. The van der Waals surface area contributed by atoms with Crippen LogP contribution in [0.3, 0.4) is 0 Å². The van der Waals surface area contributed by atoms with Crippen molar-refractivity contribution in [2.75, 3.05) is 0 Å². The summed E-state index contributed by atoms with van der Waals surface area (Å²) in [5.41, 5.74) is 2.21. The van der Waals surface area contributed by atoms with E-state index in [0.717, 1.165) is 24.7 Å². The van der Waals surface area contributed by atoms with Crippen LogP contribution in [0.2, 0.25) is 0 Å². The molecule has 0 atom stereocenters. The van der Waals surface area contributed by atoms with E-state index >= 15 is 0 Å². The number of rotatable bonds is 6. The molecular weight excluding hydrogens is 417 g/mol. The lowest BCUT2D eigenvalue weighted by atomic mass is 9.79. The second-order valence-electron chi connectivity index (χ2n) is 9.16. The van der Waals surface area contributed by atoms with Crippen LogP contribution in [0, 0.1) is 29.3 Å². The van der Waals surface area contributed by atoms with Crippen molar-refractivity contribution >= 4 is 16.8 Å². The van der Waals surface area contributed by atoms with Crippen LogP contribution < -0.4 is 0 Å². The topological polar surface area (TPSA) is 0 Å². The molecule has 0 aliphatic heterocycles. The summed E-state index contributed by atoms with van der Waals surface area (Å²) in [7, 11) is 0. The van der Waals surface area contributed by atoms with Crippen molar-refractivity contribution in [1.29, 1.82) is 0 Å². The molecule has 0 nitrogen and oxygen atoms in total. The minimum absolute atomic E-state index is 0.159. The summed E-state index contributed by atoms with van der Waals surface area (Å²) in [6.07, 6.45) is 15.0. The van der Waals surface area contributed by atoms with Gasteiger partial charge in [-0.2, -0.15) is 0 Å². The minimum atomic E-state index is -1.14. The van der Waals surface area contributed by atoms with Gasteiger partial charge in [-0.25, -0.2) is 13.2 Å². The van der Waals surface area contributed by atoms with E-state index in [1.807, 2.05) is 24.3 Å². The molecule has 0 heterocycles. The Balaban J connectivity index is 1.50. The van der Waals surface area contributed by atoms with Gasteiger partial charge < -0.3 is 0 Å². The molecule has 0 amide bonds. The van der Waals surface area contributed by atoms with Crippen LogP contribution in [0.1, 0.15) is 57.1 Å². The summed E-state index contributed by atoms with van der Waals surface area (Å²) in [6, 6.07) is 12.4. The number of hydrogen-bond donors (Lipinski definition) is 0. The van der Waals surface area contributed by atoms with E-state index in [0.29, 0.717) is 10.9 Å². The number of allylic oxidation sites excluding steroid dienone is 3. The van der Waals surface area contributed by atoms with Gasteiger partial charge in [-0.05, 0) is 86.8 Å². The lowest BCUT2D eigenvalue weighted by molar-refractivity contribution is 0.296. The molecule has 1 aliphatic rings. The second-order valence-corrected chi connectivity index (χ2v) is 9.16. The van der Waals surface area contributed by atoms with Gasteiger partial charge in [0.1, 0.15) is 5.82 Å². The Labute approximate surface area is 194 Å². The number of benzene rings is 3. The first-order valence-electron chi connectivity index (χ1n) is 12.0. The molecule has 172 valence electrons. The standard InChI is InChI=1S/C30H31F3/c1-3-5-20-7-9-21(10-8-20)11-12-22-13-15-23(16-14-22)26-19-25-18-17-24(6-4-2)28(31)27(25)30(33)29(26)32/h3-6,13-21H,7-12H2,1-2H3/b5-3+,6-4+. The van der Waals surface area contributed by atoms with E-state index in [2.05, 4.69) is 19.1 Å². The normalized spacial score (nSPS) is 19.2. The molecule has 4 rings (SSSR count). The fraction of sp³-hybridized carbons (Fsp3) is 0.333. The fourth-order valence-corrected chi connectivity index (χ4v) is 5.08. The van der Waals surface area contributed by atoms with Crippen molar-refractivity contribution in [1.82, 2.24) is 0 Å². The SMILES string of the molecule is C/C=C/c1ccc2cc(-c3ccc(CCC4CCC(/C=C/C)CC4)cc3)c(F)c(F)c2c1F. The number of fused-ring (bicyclic) bond motifs is 1. The maximum Gasteiger partial charge on any atom is 0.170 e. The Kier molecular flexibility index (Phi) is 7.37. The maximum atomic E-state index is 14.9. The number of halogens is 3. The van der Waals surface area contributed by atoms with E-state index in [1.165, 1.54) is 37.3 Å². The maximum absolute atomic E-state index is 14.9. The monoisotopic (exact) mass is 448 g/mol. The lowest BCUT2D eigenvalue weighted by Crippen LogP contribution is -2.13. The molecule has 0 unspecified atom stereocenters. The molecular formula is C30H31F3. The largest absolute Gasteiger partial charge is 0.206 e. The Morgan fingerprint density at radius 3 is 2.21 bits per heavy atom. The Morgan fingerprint density at radius 2 is 1.55 bits per heavy atom. The highest BCUT2D eigenvalue weighted by Crippen LogP contribution is 2.35. The molecule has 0 N–H and O–H groups in total. The molecule has 3 aromatic rings. The summed E-state index contributed by atoms with van der Waals surface area (Å²) in [6.45, 7) is 3.84. The van der Waals surface area contributed by atoms with Crippen molar-refractivity contribution in [2.45, 2.75) is 52.4 Å². The third-order valence-electron chi connectivity index (χ3n) is 6.96. The molecule has 3 heteroatoms. The molecule has 3 aromatic carbocycles. The van der Waals surface area contributed by atoms with Crippen molar-refractivity contribution in [2.24, 2.45) is 11.8 Å². The van der Waals surface area contributed by atoms with E-state index in [4.69, 9.17) is 0 Å². The Morgan fingerprint density at radius 1 is 0.818 bits per heavy atom. The van der Waals surface area contributed by atoms with Crippen molar-refractivity contribution < 1.29 is 13.2 Å². The van der Waals surface area contributed by atoms with Gasteiger partial charge in [0.15, 0.2) is 11.6 Å². The number of hydrogen-bond acceptors (Lipinski definition) is 0. The van der Waals surface area contributed by atoms with Gasteiger partial charge >= 0.3 is 0 Å². The first-order chi connectivity index (χ1) is 16.0. The summed E-state index contributed by atoms with van der Waals surface area (Å²) in [5.74, 6) is -1.37. The third kappa shape index (κ3) is 5.08. The van der Waals surface area contributed by atoms with Crippen molar-refractivity contribution in [3.8, 4) is 11.1 Å². The van der Waals surface area contributed by atoms with Crippen LogP contribution in [0.25, 0.3) is 28.0 Å². The molecule has 0 bridgehead atoms. The van der Waals surface area contributed by atoms with E-state index in [1.54, 1.807) is 31.2 Å². The van der Waals surface area contributed by atoms with Crippen LogP contribution in [0.4, 0.5) is 13.2 Å². The summed E-state index contributed by atoms with van der Waals surface area (Å²) >= 11 is 0. The first kappa shape index (κ1) is 23.4. The van der Waals surface area contributed by atoms with E-state index in [-0.39, 0.29) is 16.5 Å². The van der Waals surface area contributed by atoms with Crippen LogP contribution >= 0.6 is 0 Å². The minimum Gasteiger partial charge on any atom is -0.206 e. The predicted octanol–water partition coefficient (Wildman–Crippen LogP) is 9.27. The average molecular weight is 449 g/mol. The molecule has 0 radical (unpaired) electrons. The van der Waals surface area contributed by atoms with Gasteiger partial charge in [-0.15, -0.1) is 0 Å². The number of aryl methyl sites for hydroxylation is 1. The highest BCUT2D eigenvalue weighted by Gasteiger charge is 2.20. The molecule has 0 aromatic heterocycles. The molecule has 0 saturated heterocycles. The highest BCUT2D eigenvalue weighted by atomic mass is 19.2. The Bertz CT molecular complexity index is 1160. The quantitative estimate of drug-likeness (QED) is 0.330.